The van der Waals surface area contributed by atoms with Gasteiger partial charge in [-0.3, -0.25) is 14.4 Å². The molecule has 4 rings (SSSR count). The molecule has 2 aliphatic rings. The van der Waals surface area contributed by atoms with Crippen LogP contribution in [0.25, 0.3) is 0 Å². The van der Waals surface area contributed by atoms with E-state index < -0.39 is 5.25 Å². The molecule has 1 aromatic carbocycles. The summed E-state index contributed by atoms with van der Waals surface area (Å²) in [4.78, 5) is 42.9. The fourth-order valence-corrected chi connectivity index (χ4v) is 5.23. The van der Waals surface area contributed by atoms with E-state index in [2.05, 4.69) is 11.4 Å². The second-order valence-corrected chi connectivity index (χ2v) is 9.27. The number of amides is 3. The van der Waals surface area contributed by atoms with Crippen LogP contribution >= 0.6 is 11.8 Å². The van der Waals surface area contributed by atoms with Gasteiger partial charge < -0.3 is 5.32 Å². The number of hydrogen-bond acceptors (Lipinski definition) is 6. The minimum absolute atomic E-state index is 0.0561. The molecule has 2 heterocycles. The topological polar surface area (TPSA) is 103 Å². The van der Waals surface area contributed by atoms with Crippen molar-refractivity contribution in [3.63, 3.8) is 0 Å². The van der Waals surface area contributed by atoms with Gasteiger partial charge in [0.05, 0.1) is 16.5 Å². The number of pyridine rings is 1. The predicted molar refractivity (Wildman–Crippen MR) is 122 cm³/mol. The van der Waals surface area contributed by atoms with Crippen LogP contribution in [0.15, 0.2) is 35.4 Å². The number of nitrogens with one attached hydrogen (secondary N) is 1. The minimum atomic E-state index is -0.622. The van der Waals surface area contributed by atoms with Crippen LogP contribution in [-0.4, -0.2) is 28.0 Å². The molecule has 8 heteroatoms. The van der Waals surface area contributed by atoms with Crippen LogP contribution in [-0.2, 0) is 27.2 Å². The largest absolute Gasteiger partial charge is 0.326 e. The lowest BCUT2D eigenvalue weighted by Crippen LogP contribution is -2.31. The van der Waals surface area contributed by atoms with Crippen molar-refractivity contribution in [3.05, 3.63) is 47.2 Å². The molecular weight excluding hydrogens is 424 g/mol. The number of aryl methyl sites for hydroxylation is 2. The molecule has 164 valence electrons. The third-order valence-corrected chi connectivity index (χ3v) is 6.88. The number of nitrogens with zero attached hydrogens (tertiary/aromatic N) is 3. The van der Waals surface area contributed by atoms with E-state index in [4.69, 9.17) is 4.98 Å². The third-order valence-electron chi connectivity index (χ3n) is 5.69. The quantitative estimate of drug-likeness (QED) is 0.709. The van der Waals surface area contributed by atoms with E-state index in [9.17, 15) is 19.6 Å². The Morgan fingerprint density at radius 2 is 1.88 bits per heavy atom. The molecule has 2 aromatic rings. The Balaban J connectivity index is 1.55. The van der Waals surface area contributed by atoms with Crippen molar-refractivity contribution in [1.29, 1.82) is 5.26 Å². The van der Waals surface area contributed by atoms with Crippen molar-refractivity contribution in [2.45, 2.75) is 62.1 Å². The molecule has 1 aliphatic heterocycles. The highest BCUT2D eigenvalue weighted by Gasteiger charge is 2.40. The second-order valence-electron chi connectivity index (χ2n) is 8.08. The molecule has 0 saturated carbocycles. The molecule has 1 atom stereocenters. The lowest BCUT2D eigenvalue weighted by molar-refractivity contribution is -0.121. The summed E-state index contributed by atoms with van der Waals surface area (Å²) in [6.45, 7) is 1.41. The van der Waals surface area contributed by atoms with E-state index in [0.29, 0.717) is 22.0 Å². The molecule has 7 nitrogen and oxygen atoms in total. The van der Waals surface area contributed by atoms with Gasteiger partial charge in [-0.05, 0) is 61.6 Å². The average molecular weight is 449 g/mol. The molecule has 1 unspecified atom stereocenters. The van der Waals surface area contributed by atoms with E-state index in [0.717, 1.165) is 36.9 Å². The molecule has 0 radical (unpaired) electrons. The zero-order valence-corrected chi connectivity index (χ0v) is 18.7. The van der Waals surface area contributed by atoms with Crippen molar-refractivity contribution >= 4 is 40.9 Å². The number of fused-ring (bicyclic) bond motifs is 1. The highest BCUT2D eigenvalue weighted by atomic mass is 32.2. The SMILES string of the molecule is CC(=O)Nc1ccc(N2C(=O)CC(Sc3nc4c(cc3C#N)CCCCCC4)C2=O)cc1. The van der Waals surface area contributed by atoms with Gasteiger partial charge in [-0.15, -0.1) is 0 Å². The maximum absolute atomic E-state index is 13.1. The number of aromatic nitrogens is 1. The maximum atomic E-state index is 13.1. The van der Waals surface area contributed by atoms with Gasteiger partial charge in [-0.2, -0.15) is 5.26 Å². The number of imide groups is 1. The zero-order valence-electron chi connectivity index (χ0n) is 17.9. The van der Waals surface area contributed by atoms with Gasteiger partial charge in [0, 0.05) is 24.7 Å². The first-order valence-corrected chi connectivity index (χ1v) is 11.7. The van der Waals surface area contributed by atoms with E-state index in [1.165, 1.54) is 36.4 Å². The fraction of sp³-hybridized carbons (Fsp3) is 0.375. The Kier molecular flexibility index (Phi) is 6.56. The van der Waals surface area contributed by atoms with Crippen LogP contribution in [0.2, 0.25) is 0 Å². The fourth-order valence-electron chi connectivity index (χ4n) is 4.14. The van der Waals surface area contributed by atoms with Crippen LogP contribution < -0.4 is 10.2 Å². The van der Waals surface area contributed by atoms with Gasteiger partial charge in [-0.1, -0.05) is 24.6 Å². The summed E-state index contributed by atoms with van der Waals surface area (Å²) in [6.07, 6.45) is 6.38. The summed E-state index contributed by atoms with van der Waals surface area (Å²) in [7, 11) is 0. The lowest BCUT2D eigenvalue weighted by atomic mass is 9.96. The second kappa shape index (κ2) is 9.53. The number of carbonyl (C=O) groups excluding carboxylic acids is 3. The van der Waals surface area contributed by atoms with Gasteiger partial charge in [0.25, 0.3) is 0 Å². The van der Waals surface area contributed by atoms with E-state index in [1.807, 2.05) is 6.07 Å². The third kappa shape index (κ3) is 4.68. The molecule has 32 heavy (non-hydrogen) atoms. The van der Waals surface area contributed by atoms with Gasteiger partial charge in [0.2, 0.25) is 17.7 Å². The van der Waals surface area contributed by atoms with Crippen molar-refractivity contribution < 1.29 is 14.4 Å². The highest BCUT2D eigenvalue weighted by molar-refractivity contribution is 8.00. The van der Waals surface area contributed by atoms with Crippen LogP contribution in [0, 0.1) is 11.3 Å². The Bertz CT molecular complexity index is 1110. The van der Waals surface area contributed by atoms with Crippen molar-refractivity contribution in [3.8, 4) is 6.07 Å². The predicted octanol–water partition coefficient (Wildman–Crippen LogP) is 3.99. The molecule has 1 saturated heterocycles. The molecule has 1 aliphatic carbocycles. The number of hydrogen-bond donors (Lipinski definition) is 1. The van der Waals surface area contributed by atoms with Crippen LogP contribution in [0.5, 0.6) is 0 Å². The molecule has 1 aromatic heterocycles. The van der Waals surface area contributed by atoms with E-state index in [1.54, 1.807) is 24.3 Å². The minimum Gasteiger partial charge on any atom is -0.326 e. The number of benzene rings is 1. The van der Waals surface area contributed by atoms with Crippen LogP contribution in [0.4, 0.5) is 11.4 Å². The van der Waals surface area contributed by atoms with Crippen molar-refractivity contribution in [2.24, 2.45) is 0 Å². The summed E-state index contributed by atoms with van der Waals surface area (Å²) in [5.74, 6) is -0.797. The maximum Gasteiger partial charge on any atom is 0.247 e. The van der Waals surface area contributed by atoms with Crippen molar-refractivity contribution in [2.75, 3.05) is 10.2 Å². The van der Waals surface area contributed by atoms with Crippen LogP contribution in [0.1, 0.15) is 55.8 Å². The van der Waals surface area contributed by atoms with Crippen molar-refractivity contribution in [1.82, 2.24) is 4.98 Å². The zero-order chi connectivity index (χ0) is 22.7. The average Bonchev–Trinajstić information content (AvgIpc) is 3.02. The van der Waals surface area contributed by atoms with Gasteiger partial charge in [0.1, 0.15) is 11.1 Å². The Morgan fingerprint density at radius 3 is 2.56 bits per heavy atom. The van der Waals surface area contributed by atoms with Gasteiger partial charge in [0.15, 0.2) is 0 Å². The smallest absolute Gasteiger partial charge is 0.247 e. The first-order valence-electron chi connectivity index (χ1n) is 10.8. The van der Waals surface area contributed by atoms with Crippen LogP contribution in [0.3, 0.4) is 0 Å². The number of thioether (sulfide) groups is 1. The molecule has 1 fully saturated rings. The first-order chi connectivity index (χ1) is 15.5. The molecule has 0 spiro atoms. The monoisotopic (exact) mass is 448 g/mol. The van der Waals surface area contributed by atoms with E-state index in [-0.39, 0.29) is 24.1 Å². The number of nitriles is 1. The summed E-state index contributed by atoms with van der Waals surface area (Å²) < 4.78 is 0. The summed E-state index contributed by atoms with van der Waals surface area (Å²) >= 11 is 1.21. The summed E-state index contributed by atoms with van der Waals surface area (Å²) in [5, 5.41) is 12.2. The Hall–Kier alpha value is -3.18. The van der Waals surface area contributed by atoms with E-state index >= 15 is 0 Å². The summed E-state index contributed by atoms with van der Waals surface area (Å²) in [6, 6.07) is 10.7. The summed E-state index contributed by atoms with van der Waals surface area (Å²) in [5.41, 5.74) is 3.65. The lowest BCUT2D eigenvalue weighted by Gasteiger charge is -2.17. The number of rotatable bonds is 4. The van der Waals surface area contributed by atoms with Gasteiger partial charge >= 0.3 is 0 Å². The normalized spacial score (nSPS) is 18.5. The molecular formula is C24H24N4O3S. The Morgan fingerprint density at radius 1 is 1.16 bits per heavy atom. The van der Waals surface area contributed by atoms with Gasteiger partial charge in [-0.25, -0.2) is 9.88 Å². The number of carbonyl (C=O) groups is 3. The Labute approximate surface area is 191 Å². The molecule has 0 bridgehead atoms. The standard InChI is InChI=1S/C24H24N4O3S/c1-15(29)26-18-8-10-19(11-9-18)28-22(30)13-21(24(28)31)32-23-17(14-25)12-16-6-4-2-3-5-7-20(16)27-23/h8-12,21H,2-7,13H2,1H3,(H,26,29). The number of anilines is 2. The first kappa shape index (κ1) is 22.0. The highest BCUT2D eigenvalue weighted by Crippen LogP contribution is 2.36. The molecule has 3 amide bonds. The molecule has 1 N–H and O–H groups in total.